The highest BCUT2D eigenvalue weighted by Gasteiger charge is 2.44. The monoisotopic (exact) mass is 418 g/mol. The second-order valence-corrected chi connectivity index (χ2v) is 6.80. The quantitative estimate of drug-likeness (QED) is 0.348. The minimum Gasteiger partial charge on any atom is -0.508 e. The van der Waals surface area contributed by atoms with Gasteiger partial charge < -0.3 is 44.5 Å². The van der Waals surface area contributed by atoms with E-state index in [4.69, 9.17) is 13.9 Å². The predicted molar refractivity (Wildman–Crippen MR) is 101 cm³/mol. The Morgan fingerprint density at radius 3 is 2.30 bits per heavy atom. The Morgan fingerprint density at radius 1 is 0.967 bits per heavy atom. The molecule has 0 spiro atoms. The van der Waals surface area contributed by atoms with Crippen LogP contribution in [0.25, 0.3) is 22.3 Å². The minimum atomic E-state index is -1.57. The van der Waals surface area contributed by atoms with E-state index >= 15 is 0 Å². The van der Waals surface area contributed by atoms with Crippen LogP contribution in [0.1, 0.15) is 0 Å². The number of ether oxygens (including phenoxy) is 2. The third kappa shape index (κ3) is 3.31. The SMILES string of the molecule is O=c1c(O[C@@H]2O[C@@H](CO)[C@H](O)[C@H]2O)c(-c2ccc(O)cc2)oc2cc(O)cc(O)c12. The highest BCUT2D eigenvalue weighted by atomic mass is 16.7. The number of aliphatic hydroxyl groups is 3. The zero-order chi connectivity index (χ0) is 21.6. The third-order valence-electron chi connectivity index (χ3n) is 4.78. The van der Waals surface area contributed by atoms with Gasteiger partial charge in [0.2, 0.25) is 17.5 Å². The summed E-state index contributed by atoms with van der Waals surface area (Å²) < 4.78 is 16.5. The number of phenols is 3. The van der Waals surface area contributed by atoms with Gasteiger partial charge in [-0.3, -0.25) is 4.79 Å². The summed E-state index contributed by atoms with van der Waals surface area (Å²) in [5.41, 5.74) is -0.653. The van der Waals surface area contributed by atoms with Gasteiger partial charge in [-0.2, -0.15) is 0 Å². The minimum absolute atomic E-state index is 0.0388. The number of aromatic hydroxyl groups is 3. The van der Waals surface area contributed by atoms with E-state index in [1.165, 1.54) is 24.3 Å². The van der Waals surface area contributed by atoms with Crippen LogP contribution in [0, 0.1) is 0 Å². The Morgan fingerprint density at radius 2 is 1.67 bits per heavy atom. The highest BCUT2D eigenvalue weighted by molar-refractivity contribution is 5.88. The topological polar surface area (TPSA) is 170 Å². The number of benzene rings is 2. The standard InChI is InChI=1S/C20H18O10/c21-7-13-15(25)17(27)20(29-13)30-19-16(26)14-11(24)5-10(23)6-12(14)28-18(19)8-1-3-9(22)4-2-8/h1-6,13,15,17,20-25,27H,7H2/t13-,15-,17+,20-/m0/s1. The van der Waals surface area contributed by atoms with Gasteiger partial charge in [-0.05, 0) is 24.3 Å². The third-order valence-corrected chi connectivity index (χ3v) is 4.78. The number of aliphatic hydroxyl groups excluding tert-OH is 3. The van der Waals surface area contributed by atoms with E-state index in [-0.39, 0.29) is 28.2 Å². The molecule has 0 saturated carbocycles. The molecular formula is C20H18O10. The second kappa shape index (κ2) is 7.50. The molecule has 4 atom stereocenters. The maximum absolute atomic E-state index is 13.1. The Labute approximate surface area is 168 Å². The molecule has 1 aliphatic rings. The van der Waals surface area contributed by atoms with E-state index in [0.717, 1.165) is 12.1 Å². The summed E-state index contributed by atoms with van der Waals surface area (Å²) in [6.07, 6.45) is -5.65. The van der Waals surface area contributed by atoms with Gasteiger partial charge in [-0.1, -0.05) is 0 Å². The number of rotatable bonds is 4. The Bertz CT molecular complexity index is 1140. The van der Waals surface area contributed by atoms with Gasteiger partial charge in [-0.25, -0.2) is 0 Å². The molecule has 30 heavy (non-hydrogen) atoms. The van der Waals surface area contributed by atoms with Crippen molar-refractivity contribution in [2.45, 2.75) is 24.6 Å². The molecule has 1 saturated heterocycles. The van der Waals surface area contributed by atoms with Crippen molar-refractivity contribution in [3.63, 3.8) is 0 Å². The van der Waals surface area contributed by atoms with Crippen LogP contribution < -0.4 is 10.2 Å². The molecule has 6 N–H and O–H groups in total. The predicted octanol–water partition coefficient (Wildman–Crippen LogP) is 0.395. The summed E-state index contributed by atoms with van der Waals surface area (Å²) in [6, 6.07) is 7.65. The fraction of sp³-hybridized carbons (Fsp3) is 0.250. The Hall–Kier alpha value is -3.31. The van der Waals surface area contributed by atoms with Crippen LogP contribution in [-0.2, 0) is 4.74 Å². The van der Waals surface area contributed by atoms with Crippen molar-refractivity contribution < 1.29 is 44.5 Å². The first kappa shape index (κ1) is 20.0. The summed E-state index contributed by atoms with van der Waals surface area (Å²) in [6.45, 7) is -0.588. The normalized spacial score (nSPS) is 23.7. The molecule has 158 valence electrons. The van der Waals surface area contributed by atoms with Gasteiger partial charge in [-0.15, -0.1) is 0 Å². The lowest BCUT2D eigenvalue weighted by atomic mass is 10.1. The molecule has 0 amide bonds. The van der Waals surface area contributed by atoms with Crippen LogP contribution in [-0.4, -0.2) is 61.8 Å². The zero-order valence-electron chi connectivity index (χ0n) is 15.3. The number of fused-ring (bicyclic) bond motifs is 1. The molecule has 2 heterocycles. The van der Waals surface area contributed by atoms with E-state index in [9.17, 15) is 35.4 Å². The van der Waals surface area contributed by atoms with Crippen molar-refractivity contribution in [3.05, 3.63) is 46.6 Å². The Balaban J connectivity index is 1.90. The van der Waals surface area contributed by atoms with Gasteiger partial charge in [0.1, 0.15) is 46.5 Å². The van der Waals surface area contributed by atoms with Crippen molar-refractivity contribution in [1.82, 2.24) is 0 Å². The van der Waals surface area contributed by atoms with Crippen LogP contribution >= 0.6 is 0 Å². The van der Waals surface area contributed by atoms with E-state index in [1.54, 1.807) is 0 Å². The van der Waals surface area contributed by atoms with E-state index in [2.05, 4.69) is 0 Å². The zero-order valence-corrected chi connectivity index (χ0v) is 15.3. The molecule has 1 aromatic heterocycles. The summed E-state index contributed by atoms with van der Waals surface area (Å²) >= 11 is 0. The maximum Gasteiger partial charge on any atom is 0.239 e. The van der Waals surface area contributed by atoms with E-state index < -0.39 is 48.1 Å². The van der Waals surface area contributed by atoms with Crippen LogP contribution in [0.5, 0.6) is 23.0 Å². The number of hydrogen-bond acceptors (Lipinski definition) is 10. The molecule has 10 heteroatoms. The lowest BCUT2D eigenvalue weighted by Crippen LogP contribution is -2.36. The first-order valence-corrected chi connectivity index (χ1v) is 8.91. The van der Waals surface area contributed by atoms with Crippen molar-refractivity contribution in [2.24, 2.45) is 0 Å². The van der Waals surface area contributed by atoms with Gasteiger partial charge in [0.15, 0.2) is 5.76 Å². The van der Waals surface area contributed by atoms with Crippen molar-refractivity contribution in [1.29, 1.82) is 0 Å². The number of phenolic OH excluding ortho intramolecular Hbond substituents is 3. The largest absolute Gasteiger partial charge is 0.508 e. The molecule has 1 aliphatic heterocycles. The van der Waals surface area contributed by atoms with Gasteiger partial charge in [0.05, 0.1) is 6.61 Å². The molecule has 1 fully saturated rings. The fourth-order valence-corrected chi connectivity index (χ4v) is 3.26. The molecule has 10 nitrogen and oxygen atoms in total. The molecule has 0 radical (unpaired) electrons. The van der Waals surface area contributed by atoms with Crippen LogP contribution in [0.15, 0.2) is 45.6 Å². The van der Waals surface area contributed by atoms with Crippen molar-refractivity contribution >= 4 is 11.0 Å². The highest BCUT2D eigenvalue weighted by Crippen LogP contribution is 2.37. The van der Waals surface area contributed by atoms with Gasteiger partial charge in [0, 0.05) is 17.7 Å². The fourth-order valence-electron chi connectivity index (χ4n) is 3.26. The lowest BCUT2D eigenvalue weighted by Gasteiger charge is -2.18. The van der Waals surface area contributed by atoms with Crippen molar-refractivity contribution in [3.8, 4) is 34.3 Å². The first-order valence-electron chi connectivity index (χ1n) is 8.91. The molecule has 0 aliphatic carbocycles. The van der Waals surface area contributed by atoms with Gasteiger partial charge >= 0.3 is 0 Å². The summed E-state index contributed by atoms with van der Waals surface area (Å²) in [5, 5.41) is 58.4. The molecule has 2 aromatic carbocycles. The van der Waals surface area contributed by atoms with E-state index in [0.29, 0.717) is 5.56 Å². The summed E-state index contributed by atoms with van der Waals surface area (Å²) in [4.78, 5) is 13.1. The van der Waals surface area contributed by atoms with Crippen LogP contribution in [0.3, 0.4) is 0 Å². The molecule has 0 bridgehead atoms. The Kier molecular flexibility index (Phi) is 5.00. The summed E-state index contributed by atoms with van der Waals surface area (Å²) in [7, 11) is 0. The first-order chi connectivity index (χ1) is 14.3. The lowest BCUT2D eigenvalue weighted by molar-refractivity contribution is -0.117. The van der Waals surface area contributed by atoms with E-state index in [1.807, 2.05) is 0 Å². The van der Waals surface area contributed by atoms with Crippen molar-refractivity contribution in [2.75, 3.05) is 6.61 Å². The van der Waals surface area contributed by atoms with Crippen LogP contribution in [0.2, 0.25) is 0 Å². The smallest absolute Gasteiger partial charge is 0.239 e. The maximum atomic E-state index is 13.1. The molecule has 0 unspecified atom stereocenters. The molecule has 3 aromatic rings. The van der Waals surface area contributed by atoms with Gasteiger partial charge in [0.25, 0.3) is 0 Å². The second-order valence-electron chi connectivity index (χ2n) is 6.80. The number of hydrogen-bond donors (Lipinski definition) is 6. The average molecular weight is 418 g/mol. The average Bonchev–Trinajstić information content (AvgIpc) is 2.97. The summed E-state index contributed by atoms with van der Waals surface area (Å²) in [5.74, 6) is -1.50. The molecular weight excluding hydrogens is 400 g/mol. The van der Waals surface area contributed by atoms with Crippen LogP contribution in [0.4, 0.5) is 0 Å². The molecule has 4 rings (SSSR count).